The lowest BCUT2D eigenvalue weighted by Gasteiger charge is -2.29. The van der Waals surface area contributed by atoms with Crippen molar-refractivity contribution in [3.8, 4) is 0 Å². The predicted molar refractivity (Wildman–Crippen MR) is 78.2 cm³/mol. The van der Waals surface area contributed by atoms with E-state index in [1.165, 1.54) is 0 Å². The molecule has 1 saturated carbocycles. The van der Waals surface area contributed by atoms with E-state index in [1.807, 2.05) is 0 Å². The maximum absolute atomic E-state index is 12.6. The summed E-state index contributed by atoms with van der Waals surface area (Å²) in [6.45, 7) is 4.35. The van der Waals surface area contributed by atoms with Gasteiger partial charge in [0.1, 0.15) is 5.15 Å². The fourth-order valence-electron chi connectivity index (χ4n) is 3.10. The second-order valence-electron chi connectivity index (χ2n) is 5.91. The summed E-state index contributed by atoms with van der Waals surface area (Å²) in [4.78, 5) is 16.5. The van der Waals surface area contributed by atoms with Crippen molar-refractivity contribution in [1.29, 1.82) is 0 Å². The van der Waals surface area contributed by atoms with E-state index < -0.39 is 0 Å². The summed E-state index contributed by atoms with van der Waals surface area (Å²) in [6.07, 6.45) is 6.86. The molecule has 1 heterocycles. The highest BCUT2D eigenvalue weighted by Crippen LogP contribution is 2.44. The van der Waals surface area contributed by atoms with Crippen molar-refractivity contribution in [1.82, 2.24) is 4.98 Å². The Labute approximate surface area is 119 Å². The molecule has 1 N–H and O–H groups in total. The van der Waals surface area contributed by atoms with Gasteiger partial charge in [-0.2, -0.15) is 0 Å². The van der Waals surface area contributed by atoms with Gasteiger partial charge in [0.2, 0.25) is 5.91 Å². The van der Waals surface area contributed by atoms with E-state index in [9.17, 15) is 4.79 Å². The molecule has 3 nitrogen and oxygen atoms in total. The Kier molecular flexibility index (Phi) is 4.46. The highest BCUT2D eigenvalue weighted by Gasteiger charge is 2.41. The normalized spacial score (nSPS) is 17.7. The highest BCUT2D eigenvalue weighted by atomic mass is 35.5. The number of hydrogen-bond donors (Lipinski definition) is 1. The summed E-state index contributed by atoms with van der Waals surface area (Å²) in [5.41, 5.74) is 0.546. The average Bonchev–Trinajstić information content (AvgIpc) is 2.78. The molecule has 0 aromatic carbocycles. The van der Waals surface area contributed by atoms with Crippen LogP contribution in [0.3, 0.4) is 0 Å². The number of amides is 1. The van der Waals surface area contributed by atoms with Gasteiger partial charge in [-0.3, -0.25) is 4.79 Å². The molecule has 1 amide bonds. The quantitative estimate of drug-likeness (QED) is 0.837. The molecule has 1 fully saturated rings. The van der Waals surface area contributed by atoms with Crippen LogP contribution in [0.2, 0.25) is 5.15 Å². The number of nitrogens with one attached hydrogen (secondary N) is 1. The van der Waals surface area contributed by atoms with Gasteiger partial charge in [0.25, 0.3) is 0 Å². The third-order valence-corrected chi connectivity index (χ3v) is 4.03. The minimum Gasteiger partial charge on any atom is -0.325 e. The monoisotopic (exact) mass is 280 g/mol. The molecule has 0 aliphatic heterocycles. The number of carbonyl (C=O) groups excluding carboxylic acids is 1. The average molecular weight is 281 g/mol. The first-order chi connectivity index (χ1) is 9.02. The molecule has 0 bridgehead atoms. The van der Waals surface area contributed by atoms with Crippen LogP contribution < -0.4 is 5.32 Å². The molecule has 0 saturated heterocycles. The van der Waals surface area contributed by atoms with E-state index in [-0.39, 0.29) is 11.3 Å². The second kappa shape index (κ2) is 5.91. The molecular formula is C15H21ClN2O. The molecular weight excluding hydrogens is 260 g/mol. The van der Waals surface area contributed by atoms with Crippen molar-refractivity contribution in [2.45, 2.75) is 46.0 Å². The molecule has 19 heavy (non-hydrogen) atoms. The largest absolute Gasteiger partial charge is 0.325 e. The van der Waals surface area contributed by atoms with Gasteiger partial charge in [-0.05, 0) is 37.3 Å². The number of carbonyl (C=O) groups is 1. The van der Waals surface area contributed by atoms with Crippen LogP contribution in [0, 0.1) is 11.3 Å². The zero-order chi connectivity index (χ0) is 13.9. The smallest absolute Gasteiger partial charge is 0.230 e. The second-order valence-corrected chi connectivity index (χ2v) is 6.29. The fraction of sp³-hybridized carbons (Fsp3) is 0.600. The van der Waals surface area contributed by atoms with E-state index in [2.05, 4.69) is 24.1 Å². The van der Waals surface area contributed by atoms with Crippen molar-refractivity contribution in [2.75, 3.05) is 5.32 Å². The number of nitrogens with zero attached hydrogens (tertiary/aromatic N) is 1. The molecule has 4 heteroatoms. The van der Waals surface area contributed by atoms with Gasteiger partial charge in [-0.25, -0.2) is 4.98 Å². The van der Waals surface area contributed by atoms with Gasteiger partial charge in [-0.15, -0.1) is 0 Å². The lowest BCUT2D eigenvalue weighted by Crippen LogP contribution is -2.35. The highest BCUT2D eigenvalue weighted by molar-refractivity contribution is 6.29. The van der Waals surface area contributed by atoms with Gasteiger partial charge in [0.15, 0.2) is 0 Å². The lowest BCUT2D eigenvalue weighted by atomic mass is 9.77. The third kappa shape index (κ3) is 3.47. The van der Waals surface area contributed by atoms with Gasteiger partial charge < -0.3 is 5.32 Å². The number of pyridine rings is 1. The molecule has 2 rings (SSSR count). The summed E-state index contributed by atoms with van der Waals surface area (Å²) in [6, 6.07) is 3.47. The maximum Gasteiger partial charge on any atom is 0.230 e. The van der Waals surface area contributed by atoms with E-state index in [0.717, 1.165) is 37.8 Å². The van der Waals surface area contributed by atoms with Gasteiger partial charge >= 0.3 is 0 Å². The van der Waals surface area contributed by atoms with E-state index >= 15 is 0 Å². The van der Waals surface area contributed by atoms with Crippen LogP contribution in [-0.2, 0) is 4.79 Å². The van der Waals surface area contributed by atoms with Crippen LogP contribution in [0.25, 0.3) is 0 Å². The van der Waals surface area contributed by atoms with Crippen molar-refractivity contribution in [3.05, 3.63) is 23.5 Å². The number of hydrogen-bond acceptors (Lipinski definition) is 2. The molecule has 0 unspecified atom stereocenters. The van der Waals surface area contributed by atoms with Crippen molar-refractivity contribution in [3.63, 3.8) is 0 Å². The van der Waals surface area contributed by atoms with Crippen molar-refractivity contribution >= 4 is 23.2 Å². The van der Waals surface area contributed by atoms with Gasteiger partial charge in [-0.1, -0.05) is 38.3 Å². The Morgan fingerprint density at radius 2 is 2.16 bits per heavy atom. The number of halogens is 1. The van der Waals surface area contributed by atoms with E-state index in [1.54, 1.807) is 18.3 Å². The Hall–Kier alpha value is -1.09. The third-order valence-electron chi connectivity index (χ3n) is 3.83. The van der Waals surface area contributed by atoms with Crippen LogP contribution in [0.15, 0.2) is 18.3 Å². The van der Waals surface area contributed by atoms with Crippen LogP contribution >= 0.6 is 11.6 Å². The molecule has 1 aromatic heterocycles. The Morgan fingerprint density at radius 1 is 1.47 bits per heavy atom. The summed E-state index contributed by atoms with van der Waals surface area (Å²) < 4.78 is 0. The number of aromatic nitrogens is 1. The first-order valence-electron chi connectivity index (χ1n) is 6.95. The first kappa shape index (κ1) is 14.3. The molecule has 0 spiro atoms. The molecule has 0 atom stereocenters. The molecule has 0 radical (unpaired) electrons. The Morgan fingerprint density at radius 3 is 2.74 bits per heavy atom. The fourth-order valence-corrected chi connectivity index (χ4v) is 3.27. The van der Waals surface area contributed by atoms with E-state index in [4.69, 9.17) is 11.6 Å². The summed E-state index contributed by atoms with van der Waals surface area (Å²) in [5.74, 6) is 0.672. The number of rotatable bonds is 4. The van der Waals surface area contributed by atoms with E-state index in [0.29, 0.717) is 11.1 Å². The van der Waals surface area contributed by atoms with Crippen LogP contribution in [0.4, 0.5) is 5.69 Å². The zero-order valence-corrected chi connectivity index (χ0v) is 12.3. The standard InChI is InChI=1S/C15H21ClN2O/c1-11(2)10-15(6-3-4-7-15)14(19)18-12-5-8-17-13(16)9-12/h5,8-9,11H,3-4,6-7,10H2,1-2H3,(H,17,18,19). The molecule has 104 valence electrons. The predicted octanol–water partition coefficient (Wildman–Crippen LogP) is 4.28. The Bertz CT molecular complexity index is 453. The summed E-state index contributed by atoms with van der Waals surface area (Å²) in [5, 5.41) is 3.41. The summed E-state index contributed by atoms with van der Waals surface area (Å²) in [7, 11) is 0. The Balaban J connectivity index is 2.12. The number of anilines is 1. The SMILES string of the molecule is CC(C)CC1(C(=O)Nc2ccnc(Cl)c2)CCCC1. The molecule has 1 aliphatic carbocycles. The van der Waals surface area contributed by atoms with Crippen LogP contribution in [0.5, 0.6) is 0 Å². The minimum absolute atomic E-state index is 0.140. The summed E-state index contributed by atoms with van der Waals surface area (Å²) >= 11 is 5.84. The van der Waals surface area contributed by atoms with Gasteiger partial charge in [0, 0.05) is 17.3 Å². The van der Waals surface area contributed by atoms with Crippen LogP contribution in [-0.4, -0.2) is 10.9 Å². The van der Waals surface area contributed by atoms with Crippen molar-refractivity contribution < 1.29 is 4.79 Å². The first-order valence-corrected chi connectivity index (χ1v) is 7.33. The maximum atomic E-state index is 12.6. The zero-order valence-electron chi connectivity index (χ0n) is 11.6. The van der Waals surface area contributed by atoms with Crippen LogP contribution in [0.1, 0.15) is 46.0 Å². The topological polar surface area (TPSA) is 42.0 Å². The molecule has 1 aliphatic rings. The van der Waals surface area contributed by atoms with Crippen molar-refractivity contribution in [2.24, 2.45) is 11.3 Å². The molecule has 1 aromatic rings. The van der Waals surface area contributed by atoms with Gasteiger partial charge in [0.05, 0.1) is 0 Å². The minimum atomic E-state index is -0.191. The lowest BCUT2D eigenvalue weighted by molar-refractivity contribution is -0.126.